The fourth-order valence-electron chi connectivity index (χ4n) is 2.46. The average molecular weight is 286 g/mol. The van der Waals surface area contributed by atoms with Gasteiger partial charge in [-0.05, 0) is 33.6 Å². The third-order valence-corrected chi connectivity index (χ3v) is 3.56. The molecule has 0 spiro atoms. The van der Waals surface area contributed by atoms with E-state index in [4.69, 9.17) is 9.47 Å². The SMILES string of the molecule is COC1CCCCC1NCCN(C)C(=O)OC(C)(C)C. The lowest BCUT2D eigenvalue weighted by Crippen LogP contribution is -2.46. The lowest BCUT2D eigenvalue weighted by molar-refractivity contribution is 0.0273. The van der Waals surface area contributed by atoms with Crippen LogP contribution >= 0.6 is 0 Å². The summed E-state index contributed by atoms with van der Waals surface area (Å²) >= 11 is 0. The van der Waals surface area contributed by atoms with Gasteiger partial charge in [-0.2, -0.15) is 0 Å². The topological polar surface area (TPSA) is 50.8 Å². The van der Waals surface area contributed by atoms with E-state index in [0.29, 0.717) is 18.7 Å². The van der Waals surface area contributed by atoms with Crippen LogP contribution in [0.15, 0.2) is 0 Å². The number of amides is 1. The van der Waals surface area contributed by atoms with Gasteiger partial charge in [-0.3, -0.25) is 0 Å². The molecule has 0 saturated heterocycles. The van der Waals surface area contributed by atoms with Crippen LogP contribution in [0.5, 0.6) is 0 Å². The van der Waals surface area contributed by atoms with E-state index in [0.717, 1.165) is 19.4 Å². The minimum absolute atomic E-state index is 0.272. The molecule has 0 aliphatic heterocycles. The maximum absolute atomic E-state index is 11.8. The Labute approximate surface area is 123 Å². The monoisotopic (exact) mass is 286 g/mol. The number of nitrogens with zero attached hydrogens (tertiary/aromatic N) is 1. The summed E-state index contributed by atoms with van der Waals surface area (Å²) in [5.41, 5.74) is -0.441. The van der Waals surface area contributed by atoms with Crippen LogP contribution in [0.4, 0.5) is 4.79 Å². The molecule has 1 N–H and O–H groups in total. The van der Waals surface area contributed by atoms with Crippen molar-refractivity contribution in [3.8, 4) is 0 Å². The minimum atomic E-state index is -0.441. The molecular weight excluding hydrogens is 256 g/mol. The van der Waals surface area contributed by atoms with Gasteiger partial charge in [0.25, 0.3) is 0 Å². The van der Waals surface area contributed by atoms with Gasteiger partial charge in [0.15, 0.2) is 0 Å². The molecule has 2 atom stereocenters. The largest absolute Gasteiger partial charge is 0.444 e. The Kier molecular flexibility index (Phi) is 6.76. The second-order valence-electron chi connectivity index (χ2n) is 6.52. The lowest BCUT2D eigenvalue weighted by atomic mass is 9.92. The summed E-state index contributed by atoms with van der Waals surface area (Å²) in [5.74, 6) is 0. The number of ether oxygens (including phenoxy) is 2. The second-order valence-corrected chi connectivity index (χ2v) is 6.52. The predicted octanol–water partition coefficient (Wildman–Crippen LogP) is 2.40. The minimum Gasteiger partial charge on any atom is -0.444 e. The smallest absolute Gasteiger partial charge is 0.410 e. The van der Waals surface area contributed by atoms with Crippen molar-refractivity contribution in [1.82, 2.24) is 10.2 Å². The zero-order chi connectivity index (χ0) is 15.2. The zero-order valence-corrected chi connectivity index (χ0v) is 13.6. The van der Waals surface area contributed by atoms with E-state index in [2.05, 4.69) is 5.32 Å². The Morgan fingerprint density at radius 1 is 1.30 bits per heavy atom. The van der Waals surface area contributed by atoms with Crippen molar-refractivity contribution in [3.63, 3.8) is 0 Å². The van der Waals surface area contributed by atoms with Gasteiger partial charge in [0.2, 0.25) is 0 Å². The third kappa shape index (κ3) is 6.09. The summed E-state index contributed by atoms with van der Waals surface area (Å²) in [6.07, 6.45) is 4.79. The zero-order valence-electron chi connectivity index (χ0n) is 13.6. The van der Waals surface area contributed by atoms with E-state index in [9.17, 15) is 4.79 Å². The van der Waals surface area contributed by atoms with E-state index in [-0.39, 0.29) is 6.09 Å². The van der Waals surface area contributed by atoms with Gasteiger partial charge in [0, 0.05) is 33.3 Å². The van der Waals surface area contributed by atoms with Gasteiger partial charge < -0.3 is 19.7 Å². The highest BCUT2D eigenvalue weighted by Gasteiger charge is 2.24. The van der Waals surface area contributed by atoms with Gasteiger partial charge in [-0.1, -0.05) is 12.8 Å². The van der Waals surface area contributed by atoms with Crippen LogP contribution in [0.2, 0.25) is 0 Å². The van der Waals surface area contributed by atoms with Crippen LogP contribution in [0.25, 0.3) is 0 Å². The maximum Gasteiger partial charge on any atom is 0.410 e. The molecule has 1 aliphatic carbocycles. The molecule has 1 saturated carbocycles. The highest BCUT2D eigenvalue weighted by atomic mass is 16.6. The molecule has 0 aromatic rings. The Hall–Kier alpha value is -0.810. The van der Waals surface area contributed by atoms with Crippen LogP contribution in [-0.2, 0) is 9.47 Å². The first-order chi connectivity index (χ1) is 9.33. The first kappa shape index (κ1) is 17.2. The number of hydrogen-bond donors (Lipinski definition) is 1. The quantitative estimate of drug-likeness (QED) is 0.843. The predicted molar refractivity (Wildman–Crippen MR) is 79.9 cm³/mol. The highest BCUT2D eigenvalue weighted by Crippen LogP contribution is 2.20. The molecule has 0 aromatic carbocycles. The Morgan fingerprint density at radius 2 is 1.95 bits per heavy atom. The maximum atomic E-state index is 11.8. The van der Waals surface area contributed by atoms with E-state index in [1.54, 1.807) is 19.1 Å². The Morgan fingerprint density at radius 3 is 2.55 bits per heavy atom. The molecule has 1 amide bonds. The first-order valence-corrected chi connectivity index (χ1v) is 7.54. The molecule has 0 radical (unpaired) electrons. The van der Waals surface area contributed by atoms with Crippen molar-refractivity contribution in [2.45, 2.75) is 64.2 Å². The van der Waals surface area contributed by atoms with Gasteiger partial charge in [0.05, 0.1) is 6.10 Å². The molecule has 2 unspecified atom stereocenters. The molecule has 0 bridgehead atoms. The summed E-state index contributed by atoms with van der Waals surface area (Å²) in [6, 6.07) is 0.404. The van der Waals surface area contributed by atoms with E-state index >= 15 is 0 Å². The fourth-order valence-corrected chi connectivity index (χ4v) is 2.46. The van der Waals surface area contributed by atoms with E-state index in [1.807, 2.05) is 20.8 Å². The second kappa shape index (κ2) is 7.84. The molecule has 0 heterocycles. The number of methoxy groups -OCH3 is 1. The van der Waals surface area contributed by atoms with Crippen molar-refractivity contribution in [1.29, 1.82) is 0 Å². The molecule has 0 aromatic heterocycles. The van der Waals surface area contributed by atoms with Gasteiger partial charge in [0.1, 0.15) is 5.60 Å². The van der Waals surface area contributed by atoms with Crippen molar-refractivity contribution in [2.24, 2.45) is 0 Å². The molecular formula is C15H30N2O3. The van der Waals surface area contributed by atoms with Gasteiger partial charge in [-0.15, -0.1) is 0 Å². The number of rotatable bonds is 5. The van der Waals surface area contributed by atoms with Crippen LogP contribution in [0.3, 0.4) is 0 Å². The highest BCUT2D eigenvalue weighted by molar-refractivity contribution is 5.67. The van der Waals surface area contributed by atoms with Crippen molar-refractivity contribution >= 4 is 6.09 Å². The van der Waals surface area contributed by atoms with Crippen molar-refractivity contribution in [2.75, 3.05) is 27.2 Å². The lowest BCUT2D eigenvalue weighted by Gasteiger charge is -2.32. The molecule has 1 fully saturated rings. The van der Waals surface area contributed by atoms with E-state index < -0.39 is 5.60 Å². The first-order valence-electron chi connectivity index (χ1n) is 7.54. The third-order valence-electron chi connectivity index (χ3n) is 3.56. The van der Waals surface area contributed by atoms with Crippen molar-refractivity contribution in [3.05, 3.63) is 0 Å². The Bertz CT molecular complexity index is 302. The normalized spacial score (nSPS) is 23.4. The van der Waals surface area contributed by atoms with E-state index in [1.165, 1.54) is 12.8 Å². The summed E-state index contributed by atoms with van der Waals surface area (Å²) in [6.45, 7) is 7.04. The van der Waals surface area contributed by atoms with Crippen LogP contribution in [0.1, 0.15) is 46.5 Å². The van der Waals surface area contributed by atoms with Crippen LogP contribution in [0, 0.1) is 0 Å². The van der Waals surface area contributed by atoms with Crippen molar-refractivity contribution < 1.29 is 14.3 Å². The molecule has 1 rings (SSSR count). The summed E-state index contributed by atoms with van der Waals surface area (Å²) in [4.78, 5) is 13.4. The van der Waals surface area contributed by atoms with Crippen LogP contribution in [-0.4, -0.2) is 56.0 Å². The van der Waals surface area contributed by atoms with Gasteiger partial charge in [-0.25, -0.2) is 4.79 Å². The average Bonchev–Trinajstić information content (AvgIpc) is 2.37. The number of hydrogen-bond acceptors (Lipinski definition) is 4. The summed E-state index contributed by atoms with van der Waals surface area (Å²) in [5, 5.41) is 3.50. The number of carbonyl (C=O) groups excluding carboxylic acids is 1. The molecule has 5 heteroatoms. The summed E-state index contributed by atoms with van der Waals surface area (Å²) in [7, 11) is 3.54. The summed E-state index contributed by atoms with van der Waals surface area (Å²) < 4.78 is 10.8. The molecule has 20 heavy (non-hydrogen) atoms. The molecule has 118 valence electrons. The Balaban J connectivity index is 2.27. The fraction of sp³-hybridized carbons (Fsp3) is 0.933. The van der Waals surface area contributed by atoms with Crippen LogP contribution < -0.4 is 5.32 Å². The number of nitrogens with one attached hydrogen (secondary N) is 1. The molecule has 5 nitrogen and oxygen atoms in total. The number of carbonyl (C=O) groups is 1. The standard InChI is InChI=1S/C15H30N2O3/c1-15(2,3)20-14(18)17(4)11-10-16-12-8-6-7-9-13(12)19-5/h12-13,16H,6-11H2,1-5H3. The van der Waals surface area contributed by atoms with Gasteiger partial charge >= 0.3 is 6.09 Å². The number of likely N-dealkylation sites (N-methyl/N-ethyl adjacent to an activating group) is 1. The molecule has 1 aliphatic rings.